The quantitative estimate of drug-likeness (QED) is 0.627. The Morgan fingerprint density at radius 3 is 2.52 bits per heavy atom. The number of nitrogens with zero attached hydrogens (tertiary/aromatic N) is 2. The van der Waals surface area contributed by atoms with E-state index < -0.39 is 0 Å². The topological polar surface area (TPSA) is 46.5 Å². The summed E-state index contributed by atoms with van der Waals surface area (Å²) in [5.74, 6) is 0.585. The first kappa shape index (κ1) is 19.9. The molecule has 0 unspecified atom stereocenters. The van der Waals surface area contributed by atoms with E-state index >= 15 is 0 Å². The third kappa shape index (κ3) is 4.23. The molecule has 0 amide bonds. The van der Waals surface area contributed by atoms with Gasteiger partial charge in [0, 0.05) is 42.1 Å². The predicted molar refractivity (Wildman–Crippen MR) is 124 cm³/mol. The first-order valence-electron chi connectivity index (χ1n) is 11.1. The van der Waals surface area contributed by atoms with Crippen molar-refractivity contribution in [3.05, 3.63) is 88.3 Å². The van der Waals surface area contributed by atoms with Gasteiger partial charge in [0.15, 0.2) is 0 Å². The third-order valence-electron chi connectivity index (χ3n) is 6.76. The molecule has 2 saturated heterocycles. The number of benzene rings is 2. The lowest BCUT2D eigenvalue weighted by molar-refractivity contribution is 0.305. The fourth-order valence-corrected chi connectivity index (χ4v) is 4.83. The van der Waals surface area contributed by atoms with Gasteiger partial charge in [-0.15, -0.1) is 0 Å². The second kappa shape index (κ2) is 8.23. The number of hydrogen-bond donors (Lipinski definition) is 1. The number of nitrogens with one attached hydrogen (secondary N) is 1. The van der Waals surface area contributed by atoms with Crippen LogP contribution in [0.3, 0.4) is 0 Å². The standard InChI is InChI=1S/C26H29N3O2/c1-20-15-22(7-8-24(20)27-18-26-10-13-28(19-26)14-11-26)29-12-9-23(16-25(29)30)31-17-21-5-3-2-4-6-21/h2-9,12,15-16,27H,10-11,13-14,17-19H2,1H3. The number of aryl methyl sites for hydroxylation is 1. The lowest BCUT2D eigenvalue weighted by atomic mass is 9.84. The highest BCUT2D eigenvalue weighted by Crippen LogP contribution is 2.40. The first-order chi connectivity index (χ1) is 15.1. The van der Waals surface area contributed by atoms with Gasteiger partial charge in [-0.25, -0.2) is 0 Å². The van der Waals surface area contributed by atoms with Crippen molar-refractivity contribution in [2.75, 3.05) is 31.5 Å². The Kier molecular flexibility index (Phi) is 5.28. The molecule has 0 saturated carbocycles. The van der Waals surface area contributed by atoms with Crippen molar-refractivity contribution in [3.63, 3.8) is 0 Å². The molecule has 5 heteroatoms. The van der Waals surface area contributed by atoms with E-state index in [2.05, 4.69) is 29.3 Å². The summed E-state index contributed by atoms with van der Waals surface area (Å²) in [5.41, 5.74) is 4.60. The monoisotopic (exact) mass is 415 g/mol. The minimum Gasteiger partial charge on any atom is -0.489 e. The van der Waals surface area contributed by atoms with Crippen LogP contribution in [0.4, 0.5) is 5.69 Å². The summed E-state index contributed by atoms with van der Waals surface area (Å²) in [6, 6.07) is 19.5. The molecular formula is C26H29N3O2. The molecule has 2 bridgehead atoms. The fourth-order valence-electron chi connectivity index (χ4n) is 4.83. The van der Waals surface area contributed by atoms with Gasteiger partial charge in [0.05, 0.1) is 0 Å². The summed E-state index contributed by atoms with van der Waals surface area (Å²) >= 11 is 0. The summed E-state index contributed by atoms with van der Waals surface area (Å²) in [4.78, 5) is 15.3. The number of pyridine rings is 1. The summed E-state index contributed by atoms with van der Waals surface area (Å²) in [6.07, 6.45) is 4.38. The van der Waals surface area contributed by atoms with E-state index in [0.717, 1.165) is 29.0 Å². The summed E-state index contributed by atoms with van der Waals surface area (Å²) < 4.78 is 7.45. The van der Waals surface area contributed by atoms with Crippen LogP contribution in [0.15, 0.2) is 71.7 Å². The molecule has 5 nitrogen and oxygen atoms in total. The number of anilines is 1. The van der Waals surface area contributed by atoms with E-state index in [1.807, 2.05) is 42.5 Å². The molecule has 3 heterocycles. The van der Waals surface area contributed by atoms with Crippen molar-refractivity contribution >= 4 is 5.69 Å². The van der Waals surface area contributed by atoms with Crippen LogP contribution in [0.1, 0.15) is 24.0 Å². The van der Waals surface area contributed by atoms with Crippen molar-refractivity contribution in [2.24, 2.45) is 5.41 Å². The number of hydrogen-bond acceptors (Lipinski definition) is 4. The van der Waals surface area contributed by atoms with E-state index in [1.54, 1.807) is 16.8 Å². The Bertz CT molecular complexity index is 1110. The minimum atomic E-state index is -0.0958. The molecule has 2 fully saturated rings. The predicted octanol–water partition coefficient (Wildman–Crippen LogP) is 4.23. The van der Waals surface area contributed by atoms with Crippen LogP contribution in [-0.4, -0.2) is 35.6 Å². The second-order valence-electron chi connectivity index (χ2n) is 8.97. The zero-order valence-electron chi connectivity index (χ0n) is 18.0. The Morgan fingerprint density at radius 2 is 1.84 bits per heavy atom. The molecule has 2 aliphatic heterocycles. The highest BCUT2D eigenvalue weighted by Gasteiger charge is 2.43. The Morgan fingerprint density at radius 1 is 1.03 bits per heavy atom. The maximum atomic E-state index is 12.7. The molecule has 31 heavy (non-hydrogen) atoms. The van der Waals surface area contributed by atoms with Crippen LogP contribution < -0.4 is 15.6 Å². The van der Waals surface area contributed by atoms with Crippen molar-refractivity contribution < 1.29 is 4.74 Å². The highest BCUT2D eigenvalue weighted by atomic mass is 16.5. The molecule has 0 radical (unpaired) electrons. The van der Waals surface area contributed by atoms with E-state index in [4.69, 9.17) is 4.74 Å². The zero-order valence-corrected chi connectivity index (χ0v) is 18.0. The number of piperidine rings is 1. The molecule has 160 valence electrons. The van der Waals surface area contributed by atoms with Gasteiger partial charge in [0.25, 0.3) is 5.56 Å². The van der Waals surface area contributed by atoms with E-state index in [1.165, 1.54) is 32.5 Å². The van der Waals surface area contributed by atoms with Gasteiger partial charge in [-0.1, -0.05) is 30.3 Å². The largest absolute Gasteiger partial charge is 0.489 e. The number of ether oxygens (including phenoxy) is 1. The average molecular weight is 416 g/mol. The summed E-state index contributed by atoms with van der Waals surface area (Å²) in [6.45, 7) is 7.29. The highest BCUT2D eigenvalue weighted by molar-refractivity contribution is 5.55. The number of rotatable bonds is 7. The summed E-state index contributed by atoms with van der Waals surface area (Å²) in [7, 11) is 0. The lowest BCUT2D eigenvalue weighted by Gasteiger charge is -2.26. The molecule has 3 aromatic rings. The fraction of sp³-hybridized carbons (Fsp3) is 0.346. The van der Waals surface area contributed by atoms with Crippen LogP contribution in [0.5, 0.6) is 5.75 Å². The van der Waals surface area contributed by atoms with Gasteiger partial charge in [-0.2, -0.15) is 0 Å². The SMILES string of the molecule is Cc1cc(-n2ccc(OCc3ccccc3)cc2=O)ccc1NCC12CCN(CC1)C2. The number of fused-ring (bicyclic) bond motifs is 2. The Labute approximate surface area is 183 Å². The van der Waals surface area contributed by atoms with Crippen molar-refractivity contribution in [3.8, 4) is 11.4 Å². The molecule has 2 aliphatic rings. The van der Waals surface area contributed by atoms with E-state index in [0.29, 0.717) is 17.8 Å². The van der Waals surface area contributed by atoms with Gasteiger partial charge in [-0.05, 0) is 68.2 Å². The zero-order chi connectivity index (χ0) is 21.3. The van der Waals surface area contributed by atoms with Crippen LogP contribution >= 0.6 is 0 Å². The molecule has 5 rings (SSSR count). The van der Waals surface area contributed by atoms with Crippen molar-refractivity contribution in [1.29, 1.82) is 0 Å². The minimum absolute atomic E-state index is 0.0958. The molecule has 1 aromatic heterocycles. The van der Waals surface area contributed by atoms with Crippen molar-refractivity contribution in [1.82, 2.24) is 9.47 Å². The molecule has 1 N–H and O–H groups in total. The molecule has 2 aromatic carbocycles. The van der Waals surface area contributed by atoms with Crippen LogP contribution in [-0.2, 0) is 6.61 Å². The van der Waals surface area contributed by atoms with E-state index in [-0.39, 0.29) is 5.56 Å². The van der Waals surface area contributed by atoms with Crippen LogP contribution in [0.2, 0.25) is 0 Å². The van der Waals surface area contributed by atoms with Gasteiger partial charge in [-0.3, -0.25) is 9.36 Å². The van der Waals surface area contributed by atoms with Crippen LogP contribution in [0.25, 0.3) is 5.69 Å². The second-order valence-corrected chi connectivity index (χ2v) is 8.97. The number of aromatic nitrogens is 1. The smallest absolute Gasteiger partial charge is 0.258 e. The molecule has 0 aliphatic carbocycles. The first-order valence-corrected chi connectivity index (χ1v) is 11.1. The maximum absolute atomic E-state index is 12.7. The lowest BCUT2D eigenvalue weighted by Crippen LogP contribution is -2.28. The van der Waals surface area contributed by atoms with E-state index in [9.17, 15) is 4.79 Å². The molecule has 0 atom stereocenters. The maximum Gasteiger partial charge on any atom is 0.258 e. The Hall–Kier alpha value is -3.05. The average Bonchev–Trinajstić information content (AvgIpc) is 3.39. The van der Waals surface area contributed by atoms with Gasteiger partial charge < -0.3 is 15.0 Å². The third-order valence-corrected chi connectivity index (χ3v) is 6.76. The normalized spacial score (nSPS) is 21.9. The van der Waals surface area contributed by atoms with Gasteiger partial charge in [0.1, 0.15) is 12.4 Å². The van der Waals surface area contributed by atoms with Gasteiger partial charge >= 0.3 is 0 Å². The summed E-state index contributed by atoms with van der Waals surface area (Å²) in [5, 5.41) is 3.67. The molecule has 0 spiro atoms. The Balaban J connectivity index is 1.26. The molecular weight excluding hydrogens is 386 g/mol. The van der Waals surface area contributed by atoms with Gasteiger partial charge in [0.2, 0.25) is 0 Å². The van der Waals surface area contributed by atoms with Crippen molar-refractivity contribution in [2.45, 2.75) is 26.4 Å². The van der Waals surface area contributed by atoms with Crippen LogP contribution in [0, 0.1) is 12.3 Å².